The number of hydrogen-bond donors (Lipinski definition) is 3. The first-order valence-electron chi connectivity index (χ1n) is 8.18. The van der Waals surface area contributed by atoms with Crippen LogP contribution < -0.4 is 10.6 Å². The van der Waals surface area contributed by atoms with Gasteiger partial charge in [0.2, 0.25) is 0 Å². The average Bonchev–Trinajstić information content (AvgIpc) is 2.37. The van der Waals surface area contributed by atoms with Gasteiger partial charge in [-0.1, -0.05) is 0 Å². The lowest BCUT2D eigenvalue weighted by Crippen LogP contribution is -2.37. The summed E-state index contributed by atoms with van der Waals surface area (Å²) in [4.78, 5) is 22.1. The zero-order chi connectivity index (χ0) is 16.6. The van der Waals surface area contributed by atoms with Gasteiger partial charge in [-0.25, -0.2) is 4.79 Å². The Balaban J connectivity index is 2.02. The Hall–Kier alpha value is -1.30. The fourth-order valence-electron chi connectivity index (χ4n) is 2.72. The van der Waals surface area contributed by atoms with Crippen molar-refractivity contribution in [1.82, 2.24) is 10.6 Å². The molecule has 1 aliphatic carbocycles. The number of amides is 1. The van der Waals surface area contributed by atoms with Crippen LogP contribution in [0.3, 0.4) is 0 Å². The lowest BCUT2D eigenvalue weighted by molar-refractivity contribution is -0.138. The molecular weight excluding hydrogens is 284 g/mol. The lowest BCUT2D eigenvalue weighted by Gasteiger charge is -2.28. The standard InChI is InChI=1S/C16H30N2O4/c1-16(2,3)22-15(21)18-10-4-9-17-13-7-5-12(6-8-13)11-14(19)20/h12-13,17H,4-11H2,1-3H3,(H,18,21)(H,19,20). The highest BCUT2D eigenvalue weighted by Crippen LogP contribution is 2.26. The van der Waals surface area contributed by atoms with Gasteiger partial charge in [0.05, 0.1) is 0 Å². The Labute approximate surface area is 133 Å². The zero-order valence-corrected chi connectivity index (χ0v) is 14.0. The molecule has 0 bridgehead atoms. The van der Waals surface area contributed by atoms with E-state index in [0.717, 1.165) is 38.6 Å². The largest absolute Gasteiger partial charge is 0.481 e. The van der Waals surface area contributed by atoms with Gasteiger partial charge in [0, 0.05) is 19.0 Å². The summed E-state index contributed by atoms with van der Waals surface area (Å²) in [6.45, 7) is 6.97. The minimum Gasteiger partial charge on any atom is -0.481 e. The van der Waals surface area contributed by atoms with Crippen molar-refractivity contribution in [3.63, 3.8) is 0 Å². The van der Waals surface area contributed by atoms with Crippen LogP contribution in [0.1, 0.15) is 59.3 Å². The normalized spacial score (nSPS) is 22.1. The first kappa shape index (κ1) is 18.7. The number of nitrogens with one attached hydrogen (secondary N) is 2. The molecule has 0 aromatic rings. The van der Waals surface area contributed by atoms with Crippen molar-refractivity contribution in [2.75, 3.05) is 13.1 Å². The van der Waals surface area contributed by atoms with Gasteiger partial charge in [0.1, 0.15) is 5.60 Å². The van der Waals surface area contributed by atoms with Crippen molar-refractivity contribution in [3.05, 3.63) is 0 Å². The number of hydrogen-bond acceptors (Lipinski definition) is 4. The molecule has 1 amide bonds. The molecule has 0 heterocycles. The van der Waals surface area contributed by atoms with Gasteiger partial charge in [-0.3, -0.25) is 4.79 Å². The molecule has 0 unspecified atom stereocenters. The first-order chi connectivity index (χ1) is 10.3. The summed E-state index contributed by atoms with van der Waals surface area (Å²) < 4.78 is 5.16. The number of carbonyl (C=O) groups excluding carboxylic acids is 1. The number of ether oxygens (including phenoxy) is 1. The molecule has 6 nitrogen and oxygen atoms in total. The molecule has 0 atom stereocenters. The maximum absolute atomic E-state index is 11.4. The molecule has 0 aromatic heterocycles. The smallest absolute Gasteiger partial charge is 0.407 e. The van der Waals surface area contributed by atoms with Crippen LogP contribution in [0.5, 0.6) is 0 Å². The van der Waals surface area contributed by atoms with Crippen LogP contribution in [-0.4, -0.2) is 41.9 Å². The fraction of sp³-hybridized carbons (Fsp3) is 0.875. The minimum atomic E-state index is -0.690. The average molecular weight is 314 g/mol. The van der Waals surface area contributed by atoms with Crippen LogP contribution in [0, 0.1) is 5.92 Å². The Morgan fingerprint density at radius 3 is 2.32 bits per heavy atom. The molecule has 128 valence electrons. The second-order valence-corrected chi connectivity index (χ2v) is 7.05. The zero-order valence-electron chi connectivity index (χ0n) is 14.0. The quantitative estimate of drug-likeness (QED) is 0.629. The lowest BCUT2D eigenvalue weighted by atomic mass is 9.84. The molecule has 6 heteroatoms. The second-order valence-electron chi connectivity index (χ2n) is 7.05. The van der Waals surface area contributed by atoms with E-state index >= 15 is 0 Å². The van der Waals surface area contributed by atoms with E-state index < -0.39 is 11.6 Å². The molecule has 3 N–H and O–H groups in total. The van der Waals surface area contributed by atoms with E-state index in [1.54, 1.807) is 0 Å². The van der Waals surface area contributed by atoms with Crippen LogP contribution in [0.15, 0.2) is 0 Å². The molecule has 1 fully saturated rings. The van der Waals surface area contributed by atoms with Gasteiger partial charge in [-0.2, -0.15) is 0 Å². The SMILES string of the molecule is CC(C)(C)OC(=O)NCCCNC1CCC(CC(=O)O)CC1. The highest BCUT2D eigenvalue weighted by molar-refractivity contribution is 5.67. The Kier molecular flexibility index (Phi) is 7.65. The van der Waals surface area contributed by atoms with Crippen LogP contribution in [0.2, 0.25) is 0 Å². The third kappa shape index (κ3) is 8.87. The van der Waals surface area contributed by atoms with Crippen LogP contribution >= 0.6 is 0 Å². The van der Waals surface area contributed by atoms with E-state index in [4.69, 9.17) is 9.84 Å². The van der Waals surface area contributed by atoms with Crippen molar-refractivity contribution < 1.29 is 19.4 Å². The Bertz CT molecular complexity index is 358. The monoisotopic (exact) mass is 314 g/mol. The summed E-state index contributed by atoms with van der Waals surface area (Å²) in [5.41, 5.74) is -0.461. The van der Waals surface area contributed by atoms with E-state index in [0.29, 0.717) is 24.9 Å². The molecule has 0 aliphatic heterocycles. The Morgan fingerprint density at radius 1 is 1.14 bits per heavy atom. The number of carboxylic acids is 1. The number of rotatable bonds is 7. The third-order valence-corrected chi connectivity index (χ3v) is 3.76. The van der Waals surface area contributed by atoms with Crippen LogP contribution in [-0.2, 0) is 9.53 Å². The molecule has 0 aromatic carbocycles. The third-order valence-electron chi connectivity index (χ3n) is 3.76. The Morgan fingerprint density at radius 2 is 1.77 bits per heavy atom. The molecule has 1 saturated carbocycles. The van der Waals surface area contributed by atoms with E-state index in [1.807, 2.05) is 20.8 Å². The number of aliphatic carboxylic acids is 1. The van der Waals surface area contributed by atoms with Gasteiger partial charge < -0.3 is 20.5 Å². The van der Waals surface area contributed by atoms with Crippen molar-refractivity contribution in [2.24, 2.45) is 5.92 Å². The van der Waals surface area contributed by atoms with Crippen molar-refractivity contribution >= 4 is 12.1 Å². The summed E-state index contributed by atoms with van der Waals surface area (Å²) in [6.07, 6.45) is 4.83. The first-order valence-corrected chi connectivity index (χ1v) is 8.18. The van der Waals surface area contributed by atoms with Gasteiger partial charge in [-0.05, 0) is 65.3 Å². The highest BCUT2D eigenvalue weighted by atomic mass is 16.6. The summed E-state index contributed by atoms with van der Waals surface area (Å²) >= 11 is 0. The van der Waals surface area contributed by atoms with Gasteiger partial charge in [0.15, 0.2) is 0 Å². The summed E-state index contributed by atoms with van der Waals surface area (Å²) in [5, 5.41) is 15.0. The van der Waals surface area contributed by atoms with E-state index in [2.05, 4.69) is 10.6 Å². The molecule has 22 heavy (non-hydrogen) atoms. The van der Waals surface area contributed by atoms with E-state index in [-0.39, 0.29) is 6.09 Å². The van der Waals surface area contributed by atoms with Gasteiger partial charge in [-0.15, -0.1) is 0 Å². The number of carboxylic acid groups (broad SMARTS) is 1. The topological polar surface area (TPSA) is 87.7 Å². The molecule has 1 rings (SSSR count). The predicted molar refractivity (Wildman–Crippen MR) is 84.9 cm³/mol. The van der Waals surface area contributed by atoms with Crippen LogP contribution in [0.4, 0.5) is 4.79 Å². The number of alkyl carbamates (subject to hydrolysis) is 1. The molecule has 1 aliphatic rings. The summed E-state index contributed by atoms with van der Waals surface area (Å²) in [6, 6.07) is 0.478. The maximum Gasteiger partial charge on any atom is 0.407 e. The predicted octanol–water partition coefficient (Wildman–Crippen LogP) is 2.52. The minimum absolute atomic E-state index is 0.298. The molecular formula is C16H30N2O4. The number of carbonyl (C=O) groups is 2. The fourth-order valence-corrected chi connectivity index (χ4v) is 2.72. The van der Waals surface area contributed by atoms with E-state index in [9.17, 15) is 9.59 Å². The van der Waals surface area contributed by atoms with Crippen molar-refractivity contribution in [1.29, 1.82) is 0 Å². The second kappa shape index (κ2) is 8.98. The summed E-state index contributed by atoms with van der Waals surface area (Å²) in [7, 11) is 0. The van der Waals surface area contributed by atoms with Crippen molar-refractivity contribution in [2.45, 2.75) is 70.9 Å². The maximum atomic E-state index is 11.4. The van der Waals surface area contributed by atoms with Gasteiger partial charge in [0.25, 0.3) is 0 Å². The highest BCUT2D eigenvalue weighted by Gasteiger charge is 2.22. The van der Waals surface area contributed by atoms with Crippen LogP contribution in [0.25, 0.3) is 0 Å². The van der Waals surface area contributed by atoms with Gasteiger partial charge >= 0.3 is 12.1 Å². The van der Waals surface area contributed by atoms with E-state index in [1.165, 1.54) is 0 Å². The molecule has 0 saturated heterocycles. The summed E-state index contributed by atoms with van der Waals surface area (Å²) in [5.74, 6) is -0.353. The van der Waals surface area contributed by atoms with Crippen molar-refractivity contribution in [3.8, 4) is 0 Å². The molecule has 0 radical (unpaired) electrons. The molecule has 0 spiro atoms.